The number of methoxy groups -OCH3 is 1. The lowest BCUT2D eigenvalue weighted by molar-refractivity contribution is -0.0512. The molecule has 0 amide bonds. The van der Waals surface area contributed by atoms with Crippen LogP contribution in [-0.4, -0.2) is 23.3 Å². The molecule has 28 heavy (non-hydrogen) atoms. The first kappa shape index (κ1) is 18.4. The summed E-state index contributed by atoms with van der Waals surface area (Å²) < 4.78 is 36.2. The van der Waals surface area contributed by atoms with E-state index in [1.54, 1.807) is 34.9 Å². The minimum atomic E-state index is -2.93. The maximum absolute atomic E-state index is 12.7. The second-order valence-electron chi connectivity index (χ2n) is 6.26. The van der Waals surface area contributed by atoms with Gasteiger partial charge in [-0.25, -0.2) is 4.98 Å². The fraction of sp³-hybridized carbons (Fsp3) is 0.200. The van der Waals surface area contributed by atoms with E-state index in [0.717, 1.165) is 11.1 Å². The number of rotatable bonds is 4. The predicted molar refractivity (Wildman–Crippen MR) is 103 cm³/mol. The van der Waals surface area contributed by atoms with Crippen molar-refractivity contribution >= 4 is 34.2 Å². The molecular weight excluding hydrogens is 390 g/mol. The molecule has 3 aromatic rings. The third kappa shape index (κ3) is 3.33. The predicted octanol–water partition coefficient (Wildman–Crippen LogP) is 4.60. The molecule has 2 aromatic carbocycles. The van der Waals surface area contributed by atoms with Crippen molar-refractivity contribution in [2.75, 3.05) is 7.11 Å². The maximum atomic E-state index is 12.7. The number of hydrogen-bond acceptors (Lipinski definition) is 4. The van der Waals surface area contributed by atoms with Gasteiger partial charge in [0.05, 0.1) is 18.0 Å². The molecule has 8 heteroatoms. The molecule has 2 heterocycles. The number of ether oxygens (including phenoxy) is 2. The summed E-state index contributed by atoms with van der Waals surface area (Å²) in [6.45, 7) is -2.42. The number of benzene rings is 2. The van der Waals surface area contributed by atoms with Crippen molar-refractivity contribution in [1.29, 1.82) is 0 Å². The van der Waals surface area contributed by atoms with Crippen molar-refractivity contribution in [3.05, 3.63) is 63.2 Å². The number of nitrogens with zero attached hydrogens (tertiary/aromatic N) is 2. The molecule has 0 saturated heterocycles. The zero-order valence-corrected chi connectivity index (χ0v) is 15.5. The third-order valence-corrected chi connectivity index (χ3v) is 4.79. The summed E-state index contributed by atoms with van der Waals surface area (Å²) in [5, 5.41) is 0.964. The first-order chi connectivity index (χ1) is 13.5. The number of fused-ring (bicyclic) bond motifs is 2. The van der Waals surface area contributed by atoms with Crippen molar-refractivity contribution in [3.8, 4) is 11.5 Å². The second-order valence-corrected chi connectivity index (χ2v) is 6.70. The van der Waals surface area contributed by atoms with Gasteiger partial charge in [0.25, 0.3) is 5.56 Å². The minimum absolute atomic E-state index is 0.0383. The van der Waals surface area contributed by atoms with Gasteiger partial charge in [0.15, 0.2) is 11.5 Å². The highest BCUT2D eigenvalue weighted by molar-refractivity contribution is 6.31. The highest BCUT2D eigenvalue weighted by atomic mass is 35.5. The average Bonchev–Trinajstić information content (AvgIpc) is 3.06. The SMILES string of the molecule is COc1cc(/C=C2\CCn3c2nc2ccc(Cl)cc2c3=O)ccc1OC(F)F. The van der Waals surface area contributed by atoms with Crippen LogP contribution in [0.1, 0.15) is 17.8 Å². The van der Waals surface area contributed by atoms with Gasteiger partial charge in [-0.2, -0.15) is 8.78 Å². The summed E-state index contributed by atoms with van der Waals surface area (Å²) in [6, 6.07) is 9.71. The van der Waals surface area contributed by atoms with E-state index >= 15 is 0 Å². The van der Waals surface area contributed by atoms with Crippen LogP contribution in [0.4, 0.5) is 8.78 Å². The van der Waals surface area contributed by atoms with Crippen LogP contribution in [0.5, 0.6) is 11.5 Å². The van der Waals surface area contributed by atoms with E-state index in [0.29, 0.717) is 34.7 Å². The van der Waals surface area contributed by atoms with E-state index in [1.165, 1.54) is 13.2 Å². The summed E-state index contributed by atoms with van der Waals surface area (Å²) in [7, 11) is 1.38. The Bertz CT molecular complexity index is 1160. The first-order valence-corrected chi connectivity index (χ1v) is 8.88. The van der Waals surface area contributed by atoms with Gasteiger partial charge in [-0.05, 0) is 54.0 Å². The summed E-state index contributed by atoms with van der Waals surface area (Å²) in [4.78, 5) is 17.4. The van der Waals surface area contributed by atoms with Gasteiger partial charge in [0.1, 0.15) is 5.82 Å². The normalized spacial score (nSPS) is 14.7. The molecule has 0 saturated carbocycles. The van der Waals surface area contributed by atoms with Crippen molar-refractivity contribution in [3.63, 3.8) is 0 Å². The molecular formula is C20H15ClF2N2O3. The second kappa shape index (κ2) is 7.24. The fourth-order valence-corrected chi connectivity index (χ4v) is 3.47. The summed E-state index contributed by atoms with van der Waals surface area (Å²) in [5.41, 5.74) is 2.04. The molecule has 0 radical (unpaired) electrons. The molecule has 1 aliphatic rings. The van der Waals surface area contributed by atoms with Crippen LogP contribution in [0, 0.1) is 0 Å². The van der Waals surface area contributed by atoms with E-state index in [1.807, 2.05) is 6.08 Å². The fourth-order valence-electron chi connectivity index (χ4n) is 3.29. The highest BCUT2D eigenvalue weighted by Gasteiger charge is 2.21. The number of hydrogen-bond donors (Lipinski definition) is 0. The van der Waals surface area contributed by atoms with Crippen molar-refractivity contribution < 1.29 is 18.3 Å². The van der Waals surface area contributed by atoms with Crippen LogP contribution in [0.3, 0.4) is 0 Å². The van der Waals surface area contributed by atoms with Gasteiger partial charge in [0.2, 0.25) is 0 Å². The average molecular weight is 405 g/mol. The van der Waals surface area contributed by atoms with Crippen LogP contribution in [-0.2, 0) is 6.54 Å². The van der Waals surface area contributed by atoms with Crippen molar-refractivity contribution in [1.82, 2.24) is 9.55 Å². The Balaban J connectivity index is 1.77. The van der Waals surface area contributed by atoms with E-state index < -0.39 is 6.61 Å². The Morgan fingerprint density at radius 3 is 2.79 bits per heavy atom. The van der Waals surface area contributed by atoms with Crippen LogP contribution in [0.15, 0.2) is 41.2 Å². The quantitative estimate of drug-likeness (QED) is 0.637. The van der Waals surface area contributed by atoms with Crippen LogP contribution < -0.4 is 15.0 Å². The Labute approximate surface area is 163 Å². The molecule has 4 rings (SSSR count). The summed E-state index contributed by atoms with van der Waals surface area (Å²) in [5.74, 6) is 0.751. The molecule has 0 fully saturated rings. The lowest BCUT2D eigenvalue weighted by atomic mass is 10.1. The number of aromatic nitrogens is 2. The van der Waals surface area contributed by atoms with E-state index in [4.69, 9.17) is 16.3 Å². The topological polar surface area (TPSA) is 53.4 Å². The lowest BCUT2D eigenvalue weighted by Gasteiger charge is -2.10. The van der Waals surface area contributed by atoms with Crippen LogP contribution in [0.25, 0.3) is 22.6 Å². The van der Waals surface area contributed by atoms with Gasteiger partial charge in [-0.3, -0.25) is 9.36 Å². The number of halogens is 3. The minimum Gasteiger partial charge on any atom is -0.493 e. The molecule has 0 bridgehead atoms. The van der Waals surface area contributed by atoms with Gasteiger partial charge >= 0.3 is 6.61 Å². The standard InChI is InChI=1S/C20H15ClF2N2O3/c1-27-17-9-11(2-5-16(17)28-20(22)23)8-12-6-7-25-18(12)24-15-4-3-13(21)10-14(15)19(25)26/h2-5,8-10,20H,6-7H2,1H3/b12-8+. The molecule has 0 atom stereocenters. The zero-order valence-electron chi connectivity index (χ0n) is 14.8. The van der Waals surface area contributed by atoms with Crippen LogP contribution in [0.2, 0.25) is 5.02 Å². The van der Waals surface area contributed by atoms with E-state index in [-0.39, 0.29) is 17.1 Å². The largest absolute Gasteiger partial charge is 0.493 e. The third-order valence-electron chi connectivity index (χ3n) is 4.55. The number of alkyl halides is 2. The molecule has 0 spiro atoms. The summed E-state index contributed by atoms with van der Waals surface area (Å²) >= 11 is 5.99. The maximum Gasteiger partial charge on any atom is 0.387 e. The monoisotopic (exact) mass is 404 g/mol. The molecule has 1 aromatic heterocycles. The smallest absolute Gasteiger partial charge is 0.387 e. The molecule has 0 N–H and O–H groups in total. The molecule has 144 valence electrons. The van der Waals surface area contributed by atoms with Crippen molar-refractivity contribution in [2.45, 2.75) is 19.6 Å². The van der Waals surface area contributed by atoms with Crippen LogP contribution >= 0.6 is 11.6 Å². The number of allylic oxidation sites excluding steroid dienone is 1. The highest BCUT2D eigenvalue weighted by Crippen LogP contribution is 2.33. The first-order valence-electron chi connectivity index (χ1n) is 8.50. The summed E-state index contributed by atoms with van der Waals surface area (Å²) in [6.07, 6.45) is 2.49. The molecule has 0 aliphatic carbocycles. The van der Waals surface area contributed by atoms with Gasteiger partial charge in [0, 0.05) is 11.6 Å². The van der Waals surface area contributed by atoms with E-state index in [2.05, 4.69) is 9.72 Å². The lowest BCUT2D eigenvalue weighted by Crippen LogP contribution is -2.20. The Kier molecular flexibility index (Phi) is 4.77. The van der Waals surface area contributed by atoms with Gasteiger partial charge in [-0.15, -0.1) is 0 Å². The molecule has 0 unspecified atom stereocenters. The van der Waals surface area contributed by atoms with E-state index in [9.17, 15) is 13.6 Å². The van der Waals surface area contributed by atoms with Gasteiger partial charge < -0.3 is 9.47 Å². The Hall–Kier alpha value is -2.93. The van der Waals surface area contributed by atoms with Crippen molar-refractivity contribution in [2.24, 2.45) is 0 Å². The molecule has 5 nitrogen and oxygen atoms in total. The molecule has 1 aliphatic heterocycles. The Morgan fingerprint density at radius 1 is 1.21 bits per heavy atom. The van der Waals surface area contributed by atoms with Gasteiger partial charge in [-0.1, -0.05) is 17.7 Å². The zero-order chi connectivity index (χ0) is 19.8. The Morgan fingerprint density at radius 2 is 2.04 bits per heavy atom.